The van der Waals surface area contributed by atoms with Crippen molar-refractivity contribution in [3.05, 3.63) is 86.8 Å². The van der Waals surface area contributed by atoms with Gasteiger partial charge in [-0.3, -0.25) is 14.7 Å². The summed E-state index contributed by atoms with van der Waals surface area (Å²) in [6, 6.07) is 12.9. The van der Waals surface area contributed by atoms with E-state index in [2.05, 4.69) is 20.6 Å². The van der Waals surface area contributed by atoms with Gasteiger partial charge in [0.1, 0.15) is 0 Å². The van der Waals surface area contributed by atoms with Gasteiger partial charge >= 0.3 is 6.18 Å². The molecule has 0 spiro atoms. The van der Waals surface area contributed by atoms with E-state index < -0.39 is 17.9 Å². The van der Waals surface area contributed by atoms with Crippen LogP contribution in [0.5, 0.6) is 0 Å². The maximum atomic E-state index is 13.0. The average Bonchev–Trinajstić information content (AvgIpc) is 2.67. The Morgan fingerprint density at radius 1 is 1.13 bits per heavy atom. The molecule has 0 saturated carbocycles. The van der Waals surface area contributed by atoms with Gasteiger partial charge in [0.25, 0.3) is 5.56 Å². The van der Waals surface area contributed by atoms with Crippen molar-refractivity contribution in [2.24, 2.45) is 4.99 Å². The molecular formula is C20H15ClF3N5O. The van der Waals surface area contributed by atoms with Gasteiger partial charge in [-0.1, -0.05) is 29.8 Å². The Hall–Kier alpha value is -3.33. The largest absolute Gasteiger partial charge is 0.416 e. The second-order valence-electron chi connectivity index (χ2n) is 6.66. The number of guanidine groups is 1. The summed E-state index contributed by atoms with van der Waals surface area (Å²) in [5, 5.41) is 6.24. The topological polar surface area (TPSA) is 71.3 Å². The summed E-state index contributed by atoms with van der Waals surface area (Å²) in [7, 11) is 0. The van der Waals surface area contributed by atoms with Crippen LogP contribution in [0.25, 0.3) is 0 Å². The van der Waals surface area contributed by atoms with Crippen molar-refractivity contribution in [1.82, 2.24) is 9.55 Å². The van der Waals surface area contributed by atoms with E-state index in [4.69, 9.17) is 11.6 Å². The van der Waals surface area contributed by atoms with Gasteiger partial charge in [-0.25, -0.2) is 9.98 Å². The normalized spacial score (nSPS) is 15.8. The molecule has 0 fully saturated rings. The summed E-state index contributed by atoms with van der Waals surface area (Å²) in [5.41, 5.74) is 0.247. The van der Waals surface area contributed by atoms with Crippen LogP contribution in [0, 0.1) is 6.92 Å². The molecule has 2 N–H and O–H groups in total. The fraction of sp³-hybridized carbons (Fsp3) is 0.150. The highest BCUT2D eigenvalue weighted by atomic mass is 35.5. The Morgan fingerprint density at radius 3 is 2.57 bits per heavy atom. The molecule has 154 valence electrons. The van der Waals surface area contributed by atoms with Crippen molar-refractivity contribution < 1.29 is 13.2 Å². The summed E-state index contributed by atoms with van der Waals surface area (Å²) in [6.45, 7) is 1.67. The van der Waals surface area contributed by atoms with Gasteiger partial charge in [0.15, 0.2) is 6.17 Å². The van der Waals surface area contributed by atoms with Crippen LogP contribution in [-0.2, 0) is 6.18 Å². The van der Waals surface area contributed by atoms with E-state index in [1.807, 2.05) is 0 Å². The minimum Gasteiger partial charge on any atom is -0.326 e. The van der Waals surface area contributed by atoms with Crippen LogP contribution in [0.1, 0.15) is 23.0 Å². The van der Waals surface area contributed by atoms with Crippen LogP contribution in [0.3, 0.4) is 0 Å². The second kappa shape index (κ2) is 7.49. The monoisotopic (exact) mass is 433 g/mol. The number of nitrogens with one attached hydrogen (secondary N) is 2. The predicted molar refractivity (Wildman–Crippen MR) is 109 cm³/mol. The van der Waals surface area contributed by atoms with Crippen LogP contribution >= 0.6 is 11.6 Å². The van der Waals surface area contributed by atoms with Crippen molar-refractivity contribution in [3.8, 4) is 0 Å². The maximum Gasteiger partial charge on any atom is 0.416 e. The molecule has 1 aliphatic rings. The fourth-order valence-electron chi connectivity index (χ4n) is 3.08. The summed E-state index contributed by atoms with van der Waals surface area (Å²) < 4.78 is 40.4. The molecule has 0 radical (unpaired) electrons. The number of hydrogen-bond acceptors (Lipinski definition) is 5. The molecule has 0 saturated heterocycles. The van der Waals surface area contributed by atoms with Gasteiger partial charge in [0, 0.05) is 22.5 Å². The molecule has 30 heavy (non-hydrogen) atoms. The van der Waals surface area contributed by atoms with Crippen LogP contribution in [0.2, 0.25) is 5.02 Å². The molecule has 1 aliphatic heterocycles. The maximum absolute atomic E-state index is 13.0. The molecular weight excluding hydrogens is 419 g/mol. The van der Waals surface area contributed by atoms with Crippen molar-refractivity contribution in [1.29, 1.82) is 0 Å². The standard InChI is InChI=1S/C20H15ClF3N5O/c1-11-9-16(30)29-17(12-5-7-14(21)8-6-12)27-18(28-19(29)25-11)26-15-4-2-3-13(10-15)20(22,23)24/h2-10,17H,1H3,(H2,25,26,27,28)/t17-/m0/s1. The minimum atomic E-state index is -4.47. The van der Waals surface area contributed by atoms with E-state index in [-0.39, 0.29) is 23.2 Å². The number of halogens is 4. The van der Waals surface area contributed by atoms with Crippen LogP contribution in [0.15, 0.2) is 64.4 Å². The van der Waals surface area contributed by atoms with Crippen molar-refractivity contribution >= 4 is 29.2 Å². The number of alkyl halides is 3. The first-order chi connectivity index (χ1) is 14.2. The van der Waals surface area contributed by atoms with Crippen LogP contribution < -0.4 is 16.2 Å². The smallest absolute Gasteiger partial charge is 0.326 e. The highest BCUT2D eigenvalue weighted by Crippen LogP contribution is 2.31. The Labute approximate surface area is 174 Å². The van der Waals surface area contributed by atoms with Gasteiger partial charge in [0.2, 0.25) is 11.9 Å². The van der Waals surface area contributed by atoms with Crippen molar-refractivity contribution in [2.45, 2.75) is 19.3 Å². The van der Waals surface area contributed by atoms with Crippen molar-refractivity contribution in [2.75, 3.05) is 10.6 Å². The summed E-state index contributed by atoms with van der Waals surface area (Å²) in [4.78, 5) is 21.4. The summed E-state index contributed by atoms with van der Waals surface area (Å²) in [5.74, 6) is 0.385. The number of fused-ring (bicyclic) bond motifs is 1. The van der Waals surface area contributed by atoms with E-state index in [1.54, 1.807) is 31.2 Å². The first-order valence-corrected chi connectivity index (χ1v) is 9.23. The molecule has 0 bridgehead atoms. The van der Waals surface area contributed by atoms with Crippen LogP contribution in [-0.4, -0.2) is 15.5 Å². The number of nitrogens with zero attached hydrogens (tertiary/aromatic N) is 3. The third-order valence-corrected chi connectivity index (χ3v) is 4.68. The number of hydrogen-bond donors (Lipinski definition) is 2. The van der Waals surface area contributed by atoms with Gasteiger partial charge in [0.05, 0.1) is 5.56 Å². The van der Waals surface area contributed by atoms with E-state index in [0.29, 0.717) is 16.3 Å². The lowest BCUT2D eigenvalue weighted by Crippen LogP contribution is -2.37. The van der Waals surface area contributed by atoms with Gasteiger partial charge in [-0.2, -0.15) is 13.2 Å². The first kappa shape index (κ1) is 20.0. The highest BCUT2D eigenvalue weighted by molar-refractivity contribution is 6.30. The molecule has 4 rings (SSSR count). The Kier molecular flexibility index (Phi) is 4.98. The number of benzene rings is 2. The molecule has 1 aromatic heterocycles. The third-order valence-electron chi connectivity index (χ3n) is 4.43. The Morgan fingerprint density at radius 2 is 1.87 bits per heavy atom. The van der Waals surface area contributed by atoms with Gasteiger partial charge in [-0.05, 0) is 42.8 Å². The molecule has 0 aliphatic carbocycles. The van der Waals surface area contributed by atoms with Gasteiger partial charge in [-0.15, -0.1) is 0 Å². The highest BCUT2D eigenvalue weighted by Gasteiger charge is 2.31. The SMILES string of the molecule is Cc1cc(=O)n2c(n1)NC(Nc1cccc(C(F)(F)F)c1)=N[C@@H]2c1ccc(Cl)cc1. The molecule has 1 atom stereocenters. The Balaban J connectivity index is 1.76. The number of rotatable bonds is 2. The quantitative estimate of drug-likeness (QED) is 0.616. The predicted octanol–water partition coefficient (Wildman–Crippen LogP) is 4.66. The van der Waals surface area contributed by atoms with Gasteiger partial charge < -0.3 is 5.32 Å². The average molecular weight is 434 g/mol. The van der Waals surface area contributed by atoms with E-state index in [1.165, 1.54) is 22.8 Å². The summed E-state index contributed by atoms with van der Waals surface area (Å²) >= 11 is 5.96. The zero-order valence-corrected chi connectivity index (χ0v) is 16.3. The molecule has 3 aromatic rings. The minimum absolute atomic E-state index is 0.159. The third kappa shape index (κ3) is 4.02. The molecule has 6 nitrogen and oxygen atoms in total. The van der Waals surface area contributed by atoms with Crippen LogP contribution in [0.4, 0.5) is 24.8 Å². The zero-order valence-electron chi connectivity index (χ0n) is 15.5. The van der Waals surface area contributed by atoms with E-state index in [0.717, 1.165) is 12.1 Å². The Bertz CT molecular complexity index is 1190. The first-order valence-electron chi connectivity index (χ1n) is 8.85. The fourth-order valence-corrected chi connectivity index (χ4v) is 3.21. The number of aromatic nitrogens is 2. The summed E-state index contributed by atoms with van der Waals surface area (Å²) in [6.07, 6.45) is -5.24. The lowest BCUT2D eigenvalue weighted by Gasteiger charge is -2.27. The molecule has 0 unspecified atom stereocenters. The van der Waals surface area contributed by atoms with E-state index >= 15 is 0 Å². The molecule has 2 aromatic carbocycles. The van der Waals surface area contributed by atoms with Crippen molar-refractivity contribution in [3.63, 3.8) is 0 Å². The number of anilines is 2. The number of aryl methyl sites for hydroxylation is 1. The van der Waals surface area contributed by atoms with E-state index in [9.17, 15) is 18.0 Å². The zero-order chi connectivity index (χ0) is 21.5. The lowest BCUT2D eigenvalue weighted by molar-refractivity contribution is -0.137. The lowest BCUT2D eigenvalue weighted by atomic mass is 10.1. The molecule has 2 heterocycles. The number of aliphatic imine (C=N–C) groups is 1. The molecule has 0 amide bonds. The second-order valence-corrected chi connectivity index (χ2v) is 7.10. The molecule has 10 heteroatoms.